The molecule has 0 aromatic heterocycles. The molecule has 4 nitrogen and oxygen atoms in total. The summed E-state index contributed by atoms with van der Waals surface area (Å²) in [5.41, 5.74) is 0.769. The van der Waals surface area contributed by atoms with Crippen molar-refractivity contribution in [1.82, 2.24) is 10.6 Å². The number of halogens is 3. The van der Waals surface area contributed by atoms with Gasteiger partial charge in [-0.3, -0.25) is 0 Å². The molecule has 0 heterocycles. The second kappa shape index (κ2) is 7.68. The Labute approximate surface area is 133 Å². The van der Waals surface area contributed by atoms with Crippen LogP contribution in [0.2, 0.25) is 0 Å². The minimum atomic E-state index is -4.15. The van der Waals surface area contributed by atoms with Crippen LogP contribution < -0.4 is 10.6 Å². The van der Waals surface area contributed by atoms with Crippen LogP contribution >= 0.6 is 0 Å². The molecule has 1 fully saturated rings. The van der Waals surface area contributed by atoms with Crippen LogP contribution in [0.4, 0.5) is 18.0 Å². The minimum absolute atomic E-state index is 0.0383. The lowest BCUT2D eigenvalue weighted by atomic mass is 9.85. The smallest absolute Gasteiger partial charge is 0.391 e. The Morgan fingerprint density at radius 3 is 2.30 bits per heavy atom. The predicted molar refractivity (Wildman–Crippen MR) is 79.7 cm³/mol. The molecule has 0 spiro atoms. The Hall–Kier alpha value is -1.76. The molecule has 0 bridgehead atoms. The summed E-state index contributed by atoms with van der Waals surface area (Å²) in [6.45, 7) is -0.252. The van der Waals surface area contributed by atoms with Gasteiger partial charge in [-0.05, 0) is 31.2 Å². The Kier molecular flexibility index (Phi) is 5.87. The fourth-order valence-corrected chi connectivity index (χ4v) is 2.87. The molecule has 7 heteroatoms. The van der Waals surface area contributed by atoms with E-state index >= 15 is 0 Å². The number of alkyl halides is 3. The second-order valence-electron chi connectivity index (χ2n) is 5.85. The van der Waals surface area contributed by atoms with Gasteiger partial charge in [0, 0.05) is 6.04 Å². The van der Waals surface area contributed by atoms with Crippen LogP contribution in [0.25, 0.3) is 0 Å². The van der Waals surface area contributed by atoms with Crippen LogP contribution in [0.3, 0.4) is 0 Å². The first-order valence-electron chi connectivity index (χ1n) is 7.69. The number of benzene rings is 1. The van der Waals surface area contributed by atoms with Crippen molar-refractivity contribution in [3.05, 3.63) is 35.9 Å². The number of hydrogen-bond donors (Lipinski definition) is 3. The van der Waals surface area contributed by atoms with Gasteiger partial charge in [0.25, 0.3) is 0 Å². The lowest BCUT2D eigenvalue weighted by molar-refractivity contribution is -0.182. The van der Waals surface area contributed by atoms with E-state index in [0.717, 1.165) is 5.56 Å². The largest absolute Gasteiger partial charge is 0.394 e. The Bertz CT molecular complexity index is 500. The maximum atomic E-state index is 12.6. The third-order valence-electron chi connectivity index (χ3n) is 4.22. The van der Waals surface area contributed by atoms with Gasteiger partial charge in [0.15, 0.2) is 0 Å². The number of amides is 2. The molecule has 1 aromatic rings. The number of urea groups is 1. The molecule has 2 rings (SSSR count). The molecular weight excluding hydrogens is 309 g/mol. The van der Waals surface area contributed by atoms with Crippen molar-refractivity contribution in [2.75, 3.05) is 6.61 Å². The quantitative estimate of drug-likeness (QED) is 0.794. The van der Waals surface area contributed by atoms with Crippen molar-refractivity contribution in [3.63, 3.8) is 0 Å². The van der Waals surface area contributed by atoms with Crippen LogP contribution in [-0.2, 0) is 0 Å². The molecular formula is C16H21F3N2O2. The van der Waals surface area contributed by atoms with Crippen LogP contribution in [0.1, 0.15) is 37.3 Å². The topological polar surface area (TPSA) is 61.4 Å². The van der Waals surface area contributed by atoms with E-state index in [0.29, 0.717) is 12.8 Å². The van der Waals surface area contributed by atoms with Crippen LogP contribution in [0.15, 0.2) is 30.3 Å². The highest BCUT2D eigenvalue weighted by Crippen LogP contribution is 2.37. The second-order valence-corrected chi connectivity index (χ2v) is 5.85. The minimum Gasteiger partial charge on any atom is -0.394 e. The maximum Gasteiger partial charge on any atom is 0.391 e. The van der Waals surface area contributed by atoms with Gasteiger partial charge < -0.3 is 15.7 Å². The summed E-state index contributed by atoms with van der Waals surface area (Å²) in [4.78, 5) is 12.0. The summed E-state index contributed by atoms with van der Waals surface area (Å²) >= 11 is 0. The van der Waals surface area contributed by atoms with E-state index in [9.17, 15) is 23.1 Å². The zero-order valence-electron chi connectivity index (χ0n) is 12.6. The van der Waals surface area contributed by atoms with E-state index in [2.05, 4.69) is 10.6 Å². The molecule has 0 radical (unpaired) electrons. The van der Waals surface area contributed by atoms with Crippen LogP contribution in [0, 0.1) is 5.92 Å². The maximum absolute atomic E-state index is 12.6. The van der Waals surface area contributed by atoms with Crippen molar-refractivity contribution in [2.45, 2.75) is 43.9 Å². The van der Waals surface area contributed by atoms with E-state index in [-0.39, 0.29) is 25.5 Å². The standard InChI is InChI=1S/C16H21F3N2O2/c17-16(18,19)12-6-8-13(9-7-12)20-15(23)21-14(10-22)11-4-2-1-3-5-11/h1-5,12-14,22H,6-10H2,(H2,20,21,23)/t12?,13?,14-/m1/s1. The summed E-state index contributed by atoms with van der Waals surface area (Å²) in [5, 5.41) is 14.7. The summed E-state index contributed by atoms with van der Waals surface area (Å²) in [5.74, 6) is -1.27. The van der Waals surface area contributed by atoms with Gasteiger partial charge in [0.2, 0.25) is 0 Å². The third-order valence-corrected chi connectivity index (χ3v) is 4.22. The van der Waals surface area contributed by atoms with E-state index in [4.69, 9.17) is 0 Å². The third kappa shape index (κ3) is 5.13. The molecule has 3 N–H and O–H groups in total. The number of aliphatic hydroxyl groups excluding tert-OH is 1. The van der Waals surface area contributed by atoms with Gasteiger partial charge >= 0.3 is 12.2 Å². The predicted octanol–water partition coefficient (Wildman–Crippen LogP) is 3.14. The van der Waals surface area contributed by atoms with E-state index in [1.807, 2.05) is 6.07 Å². The number of hydrogen-bond acceptors (Lipinski definition) is 2. The lowest BCUT2D eigenvalue weighted by Gasteiger charge is -2.30. The first-order valence-corrected chi connectivity index (χ1v) is 7.69. The Balaban J connectivity index is 1.81. The molecule has 0 aliphatic heterocycles. The van der Waals surface area contributed by atoms with Gasteiger partial charge in [0.05, 0.1) is 18.6 Å². The van der Waals surface area contributed by atoms with Gasteiger partial charge in [-0.1, -0.05) is 30.3 Å². The number of rotatable bonds is 4. The first-order chi connectivity index (χ1) is 10.9. The van der Waals surface area contributed by atoms with E-state index < -0.39 is 24.2 Å². The van der Waals surface area contributed by atoms with Gasteiger partial charge in [-0.15, -0.1) is 0 Å². The molecule has 0 unspecified atom stereocenters. The van der Waals surface area contributed by atoms with Crippen molar-refractivity contribution in [2.24, 2.45) is 5.92 Å². The van der Waals surface area contributed by atoms with Gasteiger partial charge in [-0.25, -0.2) is 4.79 Å². The number of carbonyl (C=O) groups is 1. The van der Waals surface area contributed by atoms with Crippen molar-refractivity contribution >= 4 is 6.03 Å². The molecule has 23 heavy (non-hydrogen) atoms. The summed E-state index contributed by atoms with van der Waals surface area (Å²) in [6, 6.07) is 7.74. The normalized spacial score (nSPS) is 23.1. The Morgan fingerprint density at radius 2 is 1.78 bits per heavy atom. The molecule has 2 amide bonds. The Morgan fingerprint density at radius 1 is 1.17 bits per heavy atom. The van der Waals surface area contributed by atoms with E-state index in [1.165, 1.54) is 0 Å². The number of aliphatic hydroxyl groups is 1. The highest BCUT2D eigenvalue weighted by Gasteiger charge is 2.41. The lowest BCUT2D eigenvalue weighted by Crippen LogP contribution is -2.46. The zero-order valence-corrected chi connectivity index (χ0v) is 12.6. The number of nitrogens with one attached hydrogen (secondary N) is 2. The molecule has 0 saturated heterocycles. The molecule has 1 saturated carbocycles. The van der Waals surface area contributed by atoms with Gasteiger partial charge in [0.1, 0.15) is 0 Å². The first kappa shape index (κ1) is 17.6. The van der Waals surface area contributed by atoms with Crippen LogP contribution in [0.5, 0.6) is 0 Å². The molecule has 1 aliphatic carbocycles. The number of carbonyl (C=O) groups excluding carboxylic acids is 1. The fraction of sp³-hybridized carbons (Fsp3) is 0.562. The SMILES string of the molecule is O=C(NC1CCC(C(F)(F)F)CC1)N[C@H](CO)c1ccccc1. The molecule has 1 aliphatic rings. The van der Waals surface area contributed by atoms with Crippen molar-refractivity contribution in [1.29, 1.82) is 0 Å². The average molecular weight is 330 g/mol. The summed E-state index contributed by atoms with van der Waals surface area (Å²) in [6.07, 6.45) is -3.45. The van der Waals surface area contributed by atoms with Crippen molar-refractivity contribution < 1.29 is 23.1 Å². The molecule has 1 aromatic carbocycles. The summed E-state index contributed by atoms with van der Waals surface area (Å²) < 4.78 is 37.8. The van der Waals surface area contributed by atoms with Gasteiger partial charge in [-0.2, -0.15) is 13.2 Å². The summed E-state index contributed by atoms with van der Waals surface area (Å²) in [7, 11) is 0. The highest BCUT2D eigenvalue weighted by atomic mass is 19.4. The monoisotopic (exact) mass is 330 g/mol. The fourth-order valence-electron chi connectivity index (χ4n) is 2.87. The highest BCUT2D eigenvalue weighted by molar-refractivity contribution is 5.74. The zero-order chi connectivity index (χ0) is 16.9. The average Bonchev–Trinajstić information content (AvgIpc) is 2.53. The van der Waals surface area contributed by atoms with Crippen LogP contribution in [-0.4, -0.2) is 30.0 Å². The molecule has 1 atom stereocenters. The van der Waals surface area contributed by atoms with Crippen molar-refractivity contribution in [3.8, 4) is 0 Å². The molecule has 128 valence electrons. The van der Waals surface area contributed by atoms with E-state index in [1.54, 1.807) is 24.3 Å².